The third-order valence-corrected chi connectivity index (χ3v) is 4.53. The van der Waals surface area contributed by atoms with Crippen LogP contribution in [-0.2, 0) is 16.1 Å². The van der Waals surface area contributed by atoms with E-state index in [1.807, 2.05) is 24.3 Å². The number of benzene rings is 2. The zero-order valence-corrected chi connectivity index (χ0v) is 20.0. The zero-order chi connectivity index (χ0) is 25.7. The van der Waals surface area contributed by atoms with Crippen LogP contribution < -0.4 is 27.5 Å². The SMILES string of the molecule is C=C(N)CN.CC=O.CNCC1CN(c2ccc(-c3ccc(CN(C)N)cc3)c(F)c2)C(=O)O1. The number of hydrogen-bond acceptors (Lipinski definition) is 8. The fourth-order valence-corrected chi connectivity index (χ4v) is 3.05. The van der Waals surface area contributed by atoms with E-state index in [0.29, 0.717) is 43.1 Å². The lowest BCUT2D eigenvalue weighted by Gasteiger charge is -2.15. The number of carbonyl (C=O) groups is 2. The van der Waals surface area contributed by atoms with Gasteiger partial charge < -0.3 is 26.3 Å². The van der Waals surface area contributed by atoms with Crippen molar-refractivity contribution in [2.45, 2.75) is 19.6 Å². The summed E-state index contributed by atoms with van der Waals surface area (Å²) in [5.74, 6) is 5.26. The number of carbonyl (C=O) groups excluding carboxylic acids is 2. The average Bonchev–Trinajstić information content (AvgIpc) is 3.15. The van der Waals surface area contributed by atoms with Crippen molar-refractivity contribution in [1.82, 2.24) is 10.3 Å². The maximum Gasteiger partial charge on any atom is 0.414 e. The minimum Gasteiger partial charge on any atom is -0.443 e. The molecule has 34 heavy (non-hydrogen) atoms. The zero-order valence-electron chi connectivity index (χ0n) is 20.0. The number of hydrogen-bond donors (Lipinski definition) is 4. The minimum atomic E-state index is -0.451. The molecule has 1 amide bonds. The lowest BCUT2D eigenvalue weighted by molar-refractivity contribution is -0.106. The molecule has 9 nitrogen and oxygen atoms in total. The number of nitrogens with one attached hydrogen (secondary N) is 1. The Balaban J connectivity index is 0.000000629. The van der Waals surface area contributed by atoms with Crippen LogP contribution in [0.1, 0.15) is 12.5 Å². The van der Waals surface area contributed by atoms with E-state index in [-0.39, 0.29) is 11.9 Å². The Hall–Kier alpha value is -3.31. The molecule has 1 fully saturated rings. The van der Waals surface area contributed by atoms with Crippen LogP contribution in [0.2, 0.25) is 0 Å². The van der Waals surface area contributed by atoms with E-state index in [1.165, 1.54) is 17.9 Å². The van der Waals surface area contributed by atoms with Crippen molar-refractivity contribution < 1.29 is 18.7 Å². The Morgan fingerprint density at radius 3 is 2.38 bits per heavy atom. The number of nitrogens with zero attached hydrogens (tertiary/aromatic N) is 2. The molecule has 1 unspecified atom stereocenters. The van der Waals surface area contributed by atoms with E-state index >= 15 is 0 Å². The molecule has 3 rings (SSSR count). The first-order valence-corrected chi connectivity index (χ1v) is 10.7. The van der Waals surface area contributed by atoms with Gasteiger partial charge in [0.05, 0.1) is 12.2 Å². The number of cyclic esters (lactones) is 1. The first kappa shape index (κ1) is 28.7. The highest BCUT2D eigenvalue weighted by atomic mass is 19.1. The number of amides is 1. The molecular weight excluding hydrogens is 439 g/mol. The number of likely N-dealkylation sites (N-methyl/N-ethyl adjacent to an activating group) is 1. The van der Waals surface area contributed by atoms with Gasteiger partial charge in [0.15, 0.2) is 0 Å². The second-order valence-corrected chi connectivity index (χ2v) is 7.55. The lowest BCUT2D eigenvalue weighted by atomic mass is 10.0. The molecule has 0 bridgehead atoms. The third-order valence-electron chi connectivity index (χ3n) is 4.53. The van der Waals surface area contributed by atoms with Gasteiger partial charge in [-0.15, -0.1) is 0 Å². The van der Waals surface area contributed by atoms with Crippen molar-refractivity contribution in [3.8, 4) is 11.1 Å². The fraction of sp³-hybridized carbons (Fsp3) is 0.333. The van der Waals surface area contributed by atoms with Gasteiger partial charge in [-0.3, -0.25) is 10.7 Å². The highest BCUT2D eigenvalue weighted by Crippen LogP contribution is 2.29. The summed E-state index contributed by atoms with van der Waals surface area (Å²) >= 11 is 0. The van der Waals surface area contributed by atoms with Crippen LogP contribution in [0.15, 0.2) is 54.7 Å². The molecule has 1 heterocycles. The summed E-state index contributed by atoms with van der Waals surface area (Å²) in [6.07, 6.45) is 0.0658. The lowest BCUT2D eigenvalue weighted by Crippen LogP contribution is -2.29. The van der Waals surface area contributed by atoms with Crippen LogP contribution in [-0.4, -0.2) is 57.2 Å². The molecule has 0 saturated carbocycles. The summed E-state index contributed by atoms with van der Waals surface area (Å²) in [4.78, 5) is 22.2. The van der Waals surface area contributed by atoms with Gasteiger partial charge in [0.25, 0.3) is 0 Å². The summed E-state index contributed by atoms with van der Waals surface area (Å²) in [6.45, 7) is 6.74. The number of rotatable bonds is 7. The Bertz CT molecular complexity index is 937. The molecule has 7 N–H and O–H groups in total. The molecule has 1 aliphatic heterocycles. The predicted octanol–water partition coefficient (Wildman–Crippen LogP) is 1.97. The number of nitrogens with two attached hydrogens (primary N) is 3. The Kier molecular flexibility index (Phi) is 12.5. The first-order chi connectivity index (χ1) is 16.2. The van der Waals surface area contributed by atoms with Gasteiger partial charge in [0.2, 0.25) is 0 Å². The van der Waals surface area contributed by atoms with Gasteiger partial charge in [-0.1, -0.05) is 30.8 Å². The van der Waals surface area contributed by atoms with Gasteiger partial charge in [0.1, 0.15) is 18.2 Å². The normalized spacial score (nSPS) is 14.5. The smallest absolute Gasteiger partial charge is 0.414 e. The quantitative estimate of drug-likeness (QED) is 0.271. The fourth-order valence-electron chi connectivity index (χ4n) is 3.05. The molecule has 10 heteroatoms. The third kappa shape index (κ3) is 9.28. The summed E-state index contributed by atoms with van der Waals surface area (Å²) < 4.78 is 19.9. The number of aldehydes is 1. The Morgan fingerprint density at radius 2 is 1.91 bits per heavy atom. The molecule has 1 atom stereocenters. The maximum absolute atomic E-state index is 14.7. The average molecular weight is 475 g/mol. The van der Waals surface area contributed by atoms with Crippen molar-refractivity contribution in [1.29, 1.82) is 0 Å². The van der Waals surface area contributed by atoms with Crippen molar-refractivity contribution in [2.75, 3.05) is 38.6 Å². The van der Waals surface area contributed by atoms with Gasteiger partial charge in [-0.25, -0.2) is 14.2 Å². The van der Waals surface area contributed by atoms with Gasteiger partial charge >= 0.3 is 6.09 Å². The first-order valence-electron chi connectivity index (χ1n) is 10.7. The molecule has 186 valence electrons. The summed E-state index contributed by atoms with van der Waals surface area (Å²) in [6, 6.07) is 12.4. The highest BCUT2D eigenvalue weighted by molar-refractivity contribution is 5.90. The minimum absolute atomic E-state index is 0.233. The van der Waals surface area contributed by atoms with Crippen LogP contribution in [0, 0.1) is 5.82 Å². The number of ether oxygens (including phenoxy) is 1. The standard InChI is InChI=1S/C19H23FN4O2.C3H8N2.C2H4O/c1-22-10-16-12-24(19(25)26-16)15-7-8-17(18(20)9-15)14-5-3-13(4-6-14)11-23(2)21;1-3(5)2-4;1-2-3/h3-9,16,22H,10-12,21H2,1-2H3;1-2,4-5H2;2H,1H3. The van der Waals surface area contributed by atoms with Crippen LogP contribution in [0.3, 0.4) is 0 Å². The van der Waals surface area contributed by atoms with E-state index in [4.69, 9.17) is 26.8 Å². The van der Waals surface area contributed by atoms with Crippen molar-refractivity contribution >= 4 is 18.1 Å². The monoisotopic (exact) mass is 474 g/mol. The number of halogens is 1. The Morgan fingerprint density at radius 1 is 1.32 bits per heavy atom. The summed E-state index contributed by atoms with van der Waals surface area (Å²) in [7, 11) is 3.58. The van der Waals surface area contributed by atoms with Crippen LogP contribution in [0.25, 0.3) is 11.1 Å². The van der Waals surface area contributed by atoms with E-state index in [9.17, 15) is 9.18 Å². The molecule has 0 radical (unpaired) electrons. The van der Waals surface area contributed by atoms with Crippen LogP contribution in [0.5, 0.6) is 0 Å². The molecular formula is C24H35FN6O3. The topological polar surface area (TPSA) is 140 Å². The molecule has 2 aromatic rings. The summed E-state index contributed by atoms with van der Waals surface area (Å²) in [5.41, 5.74) is 13.3. The van der Waals surface area contributed by atoms with Crippen molar-refractivity contribution in [2.24, 2.45) is 17.3 Å². The molecule has 2 aromatic carbocycles. The second-order valence-electron chi connectivity index (χ2n) is 7.55. The molecule has 0 aliphatic carbocycles. The van der Waals surface area contributed by atoms with E-state index in [0.717, 1.165) is 17.4 Å². The van der Waals surface area contributed by atoms with Crippen LogP contribution >= 0.6 is 0 Å². The second kappa shape index (κ2) is 14.8. The molecule has 0 aromatic heterocycles. The van der Waals surface area contributed by atoms with Gasteiger partial charge in [0, 0.05) is 37.9 Å². The maximum atomic E-state index is 14.7. The van der Waals surface area contributed by atoms with Crippen molar-refractivity contribution in [3.63, 3.8) is 0 Å². The van der Waals surface area contributed by atoms with E-state index in [2.05, 4.69) is 11.9 Å². The van der Waals surface area contributed by atoms with E-state index < -0.39 is 6.09 Å². The van der Waals surface area contributed by atoms with Crippen molar-refractivity contribution in [3.05, 3.63) is 66.1 Å². The molecule has 0 spiro atoms. The summed E-state index contributed by atoms with van der Waals surface area (Å²) in [5, 5.41) is 4.56. The van der Waals surface area contributed by atoms with Gasteiger partial charge in [-0.05, 0) is 43.3 Å². The Labute approximate surface area is 200 Å². The van der Waals surface area contributed by atoms with Gasteiger partial charge in [-0.2, -0.15) is 0 Å². The highest BCUT2D eigenvalue weighted by Gasteiger charge is 2.32. The van der Waals surface area contributed by atoms with E-state index in [1.54, 1.807) is 31.2 Å². The van der Waals surface area contributed by atoms with Crippen LogP contribution in [0.4, 0.5) is 14.9 Å². The molecule has 1 aliphatic rings. The molecule has 1 saturated heterocycles. The number of hydrazine groups is 1. The largest absolute Gasteiger partial charge is 0.443 e. The number of anilines is 1. The predicted molar refractivity (Wildman–Crippen MR) is 133 cm³/mol.